The fraction of sp³-hybridized carbons (Fsp3) is 0.312. The van der Waals surface area contributed by atoms with Crippen molar-refractivity contribution in [2.45, 2.75) is 47.9 Å². The van der Waals surface area contributed by atoms with Crippen LogP contribution in [0.4, 0.5) is 5.69 Å². The van der Waals surface area contributed by atoms with Crippen LogP contribution in [0.2, 0.25) is 0 Å². The molecule has 8 rings (SSSR count). The van der Waals surface area contributed by atoms with Crippen molar-refractivity contribution in [1.82, 2.24) is 4.98 Å². The molecule has 6 heteroatoms. The van der Waals surface area contributed by atoms with Crippen molar-refractivity contribution in [2.24, 2.45) is 22.9 Å². The van der Waals surface area contributed by atoms with Gasteiger partial charge in [0.15, 0.2) is 0 Å². The average molecular weight is 536 g/mol. The first kappa shape index (κ1) is 22.9. The Morgan fingerprint density at radius 3 is 2.37 bits per heavy atom. The number of aromatic amines is 1. The fourth-order valence-corrected chi connectivity index (χ4v) is 10.4. The summed E-state index contributed by atoms with van der Waals surface area (Å²) in [4.78, 5) is 16.9. The summed E-state index contributed by atoms with van der Waals surface area (Å²) in [5.74, 6) is 2.54. The SMILES string of the molecule is O=c1[nH]c2c(s1)[C@H](c1ccc(N3N=C(c4ccccc4)C[C@@H]3c3ccccc3)cc1)[C@@H]1[C@H]3CC[C@@H](C3)[C@H]1S2. The van der Waals surface area contributed by atoms with E-state index in [0.717, 1.165) is 34.7 Å². The smallest absolute Gasteiger partial charge is 0.305 e. The van der Waals surface area contributed by atoms with Gasteiger partial charge in [0.2, 0.25) is 0 Å². The Morgan fingerprint density at radius 1 is 0.842 bits per heavy atom. The van der Waals surface area contributed by atoms with E-state index in [1.54, 1.807) is 0 Å². The van der Waals surface area contributed by atoms with Gasteiger partial charge >= 0.3 is 4.87 Å². The molecule has 4 aromatic rings. The largest absolute Gasteiger partial charge is 0.307 e. The van der Waals surface area contributed by atoms with Crippen molar-refractivity contribution >= 4 is 34.5 Å². The highest BCUT2D eigenvalue weighted by atomic mass is 32.2. The predicted molar refractivity (Wildman–Crippen MR) is 156 cm³/mol. The number of hydrogen-bond acceptors (Lipinski definition) is 5. The first-order valence-electron chi connectivity index (χ1n) is 13.7. The Balaban J connectivity index is 1.17. The molecule has 0 unspecified atom stereocenters. The number of aromatic nitrogens is 1. The molecule has 190 valence electrons. The predicted octanol–water partition coefficient (Wildman–Crippen LogP) is 7.44. The summed E-state index contributed by atoms with van der Waals surface area (Å²) in [6, 6.07) is 30.5. The Labute approximate surface area is 230 Å². The lowest BCUT2D eigenvalue weighted by Gasteiger charge is -2.40. The van der Waals surface area contributed by atoms with Gasteiger partial charge in [0, 0.05) is 22.5 Å². The van der Waals surface area contributed by atoms with E-state index in [-0.39, 0.29) is 10.9 Å². The van der Waals surface area contributed by atoms with E-state index in [0.29, 0.717) is 17.1 Å². The van der Waals surface area contributed by atoms with Crippen LogP contribution in [-0.4, -0.2) is 15.9 Å². The Hall–Kier alpha value is -3.09. The molecule has 2 fully saturated rings. The second-order valence-corrected chi connectivity index (χ2v) is 13.4. The summed E-state index contributed by atoms with van der Waals surface area (Å²) < 4.78 is 0. The first-order chi connectivity index (χ1) is 18.7. The highest BCUT2D eigenvalue weighted by Crippen LogP contribution is 2.63. The van der Waals surface area contributed by atoms with Crippen LogP contribution in [0.3, 0.4) is 0 Å². The quantitative estimate of drug-likeness (QED) is 0.295. The molecule has 2 saturated carbocycles. The number of H-pyrrole nitrogens is 1. The van der Waals surface area contributed by atoms with Gasteiger partial charge in [-0.1, -0.05) is 84.1 Å². The molecule has 2 aliphatic carbocycles. The van der Waals surface area contributed by atoms with Crippen LogP contribution in [0.25, 0.3) is 0 Å². The number of hydrogen-bond donors (Lipinski definition) is 1. The van der Waals surface area contributed by atoms with E-state index in [1.165, 1.54) is 52.2 Å². The Morgan fingerprint density at radius 2 is 1.58 bits per heavy atom. The molecule has 38 heavy (non-hydrogen) atoms. The summed E-state index contributed by atoms with van der Waals surface area (Å²) in [5.41, 5.74) is 6.05. The number of benzene rings is 3. The lowest BCUT2D eigenvalue weighted by Crippen LogP contribution is -2.33. The molecule has 1 aromatic heterocycles. The summed E-state index contributed by atoms with van der Waals surface area (Å²) in [6.45, 7) is 0. The third-order valence-electron chi connectivity index (χ3n) is 9.18. The molecule has 2 bridgehead atoms. The van der Waals surface area contributed by atoms with Gasteiger partial charge in [-0.25, -0.2) is 0 Å². The van der Waals surface area contributed by atoms with Gasteiger partial charge in [-0.05, 0) is 65.8 Å². The summed E-state index contributed by atoms with van der Waals surface area (Å²) in [5, 5.41) is 9.12. The van der Waals surface area contributed by atoms with Gasteiger partial charge in [0.25, 0.3) is 0 Å². The van der Waals surface area contributed by atoms with Crippen molar-refractivity contribution in [3.63, 3.8) is 0 Å². The van der Waals surface area contributed by atoms with E-state index >= 15 is 0 Å². The molecule has 0 amide bonds. The van der Waals surface area contributed by atoms with Gasteiger partial charge < -0.3 is 4.98 Å². The molecule has 0 saturated heterocycles. The van der Waals surface area contributed by atoms with E-state index < -0.39 is 0 Å². The van der Waals surface area contributed by atoms with Crippen LogP contribution in [0.15, 0.2) is 99.9 Å². The van der Waals surface area contributed by atoms with Crippen molar-refractivity contribution in [3.05, 3.63) is 116 Å². The zero-order valence-corrected chi connectivity index (χ0v) is 22.6. The molecule has 0 radical (unpaired) electrons. The molecule has 4 aliphatic rings. The van der Waals surface area contributed by atoms with Gasteiger partial charge in [0.1, 0.15) is 0 Å². The average Bonchev–Trinajstić information content (AvgIpc) is 3.76. The first-order valence-corrected chi connectivity index (χ1v) is 15.4. The second-order valence-electron chi connectivity index (χ2n) is 11.2. The molecule has 2 aliphatic heterocycles. The fourth-order valence-electron chi connectivity index (χ4n) is 7.55. The van der Waals surface area contributed by atoms with Crippen molar-refractivity contribution in [2.75, 3.05) is 5.01 Å². The number of thioether (sulfide) groups is 1. The molecular weight excluding hydrogens is 507 g/mol. The third-order valence-corrected chi connectivity index (χ3v) is 11.8. The van der Waals surface area contributed by atoms with Crippen molar-refractivity contribution in [3.8, 4) is 0 Å². The maximum Gasteiger partial charge on any atom is 0.305 e. The number of nitrogens with one attached hydrogen (secondary N) is 1. The van der Waals surface area contributed by atoms with Crippen LogP contribution >= 0.6 is 23.1 Å². The summed E-state index contributed by atoms with van der Waals surface area (Å²) in [7, 11) is 0. The minimum Gasteiger partial charge on any atom is -0.307 e. The number of nitrogens with zero attached hydrogens (tertiary/aromatic N) is 2. The lowest BCUT2D eigenvalue weighted by atomic mass is 9.75. The van der Waals surface area contributed by atoms with Crippen LogP contribution in [-0.2, 0) is 0 Å². The maximum absolute atomic E-state index is 12.4. The van der Waals surface area contributed by atoms with Gasteiger partial charge in [0.05, 0.1) is 22.5 Å². The zero-order chi connectivity index (χ0) is 25.2. The van der Waals surface area contributed by atoms with E-state index in [2.05, 4.69) is 94.9 Å². The number of fused-ring (bicyclic) bond motifs is 6. The van der Waals surface area contributed by atoms with Crippen LogP contribution in [0, 0.1) is 17.8 Å². The van der Waals surface area contributed by atoms with E-state index in [9.17, 15) is 4.79 Å². The minimum atomic E-state index is 0.0852. The molecule has 4 nitrogen and oxygen atoms in total. The highest BCUT2D eigenvalue weighted by Gasteiger charge is 2.54. The standard InChI is InChI=1S/C32H29N3OS2/c36-32-33-31-30(38-32)27(28-22-11-12-23(17-22)29(28)37-31)21-13-15-24(16-14-21)35-26(20-9-5-2-6-10-20)18-25(34-35)19-7-3-1-4-8-19/h1-10,13-16,22-23,26-29H,11-12,17-18H2,(H,33,36)/t22-,23-,26+,27+,28-,29+/m0/s1. The van der Waals surface area contributed by atoms with E-state index in [4.69, 9.17) is 5.10 Å². The van der Waals surface area contributed by atoms with Crippen LogP contribution in [0.5, 0.6) is 0 Å². The summed E-state index contributed by atoms with van der Waals surface area (Å²) in [6.07, 6.45) is 4.94. The Kier molecular flexibility index (Phi) is 5.41. The molecule has 6 atom stereocenters. The monoisotopic (exact) mass is 535 g/mol. The van der Waals surface area contributed by atoms with Crippen LogP contribution in [0.1, 0.15) is 59.2 Å². The molecular formula is C32H29N3OS2. The van der Waals surface area contributed by atoms with Crippen LogP contribution < -0.4 is 9.88 Å². The number of anilines is 1. The lowest BCUT2D eigenvalue weighted by molar-refractivity contribution is 0.307. The normalized spacial score (nSPS) is 29.3. The van der Waals surface area contributed by atoms with Gasteiger partial charge in [-0.2, -0.15) is 5.10 Å². The molecule has 3 aromatic carbocycles. The zero-order valence-electron chi connectivity index (χ0n) is 21.0. The number of thiazole rings is 1. The van der Waals surface area contributed by atoms with E-state index in [1.807, 2.05) is 11.8 Å². The van der Waals surface area contributed by atoms with Gasteiger partial charge in [-0.3, -0.25) is 9.80 Å². The molecule has 0 spiro atoms. The highest BCUT2D eigenvalue weighted by molar-refractivity contribution is 8.00. The summed E-state index contributed by atoms with van der Waals surface area (Å²) >= 11 is 3.39. The Bertz CT molecular complexity index is 1560. The third kappa shape index (κ3) is 3.64. The minimum absolute atomic E-state index is 0.0852. The number of rotatable bonds is 4. The molecule has 3 heterocycles. The van der Waals surface area contributed by atoms with Gasteiger partial charge in [-0.15, -0.1) is 11.8 Å². The van der Waals surface area contributed by atoms with Crippen molar-refractivity contribution < 1.29 is 0 Å². The topological polar surface area (TPSA) is 48.5 Å². The number of hydrazone groups is 1. The van der Waals surface area contributed by atoms with Crippen molar-refractivity contribution in [1.29, 1.82) is 0 Å². The second kappa shape index (κ2) is 8.99. The maximum atomic E-state index is 12.4. The molecule has 1 N–H and O–H groups in total.